The van der Waals surface area contributed by atoms with E-state index < -0.39 is 97.5 Å². The molecule has 0 amide bonds. The molecule has 3 unspecified atom stereocenters. The maximum atomic E-state index is 13.1. The Balaban J connectivity index is 5.22. The molecule has 19 heteroatoms. The van der Waals surface area contributed by atoms with E-state index in [4.69, 9.17) is 37.0 Å². The SMILES string of the molecule is CCCCCC/C=C\C=C/CCCCCCCC(=O)OC[C@H](COP(=O)(O)OC[C@@H](O)COP(=O)(O)OC[C@@H](COC(=O)CCCCCCCCC(C)C)OC(=O)CCCCCCCCCCC(C)CC)OC(=O)CCCCCCCCCCCCCCCCCCCCCCCC. The highest BCUT2D eigenvalue weighted by Gasteiger charge is 2.30. The zero-order chi connectivity index (χ0) is 72.1. The molecule has 578 valence electrons. The van der Waals surface area contributed by atoms with Crippen LogP contribution in [0.5, 0.6) is 0 Å². The third-order valence-corrected chi connectivity index (χ3v) is 20.1. The van der Waals surface area contributed by atoms with E-state index in [0.29, 0.717) is 31.6 Å². The number of carbonyl (C=O) groups excluding carboxylic acids is 4. The first-order chi connectivity index (χ1) is 47.4. The zero-order valence-electron chi connectivity index (χ0n) is 63.6. The van der Waals surface area contributed by atoms with Crippen molar-refractivity contribution in [1.82, 2.24) is 0 Å². The van der Waals surface area contributed by atoms with Crippen LogP contribution < -0.4 is 0 Å². The number of esters is 4. The van der Waals surface area contributed by atoms with Gasteiger partial charge in [0.05, 0.1) is 26.4 Å². The third kappa shape index (κ3) is 70.6. The average Bonchev–Trinajstić information content (AvgIpc) is 1.03. The van der Waals surface area contributed by atoms with Gasteiger partial charge in [0.25, 0.3) is 0 Å². The van der Waals surface area contributed by atoms with Crippen molar-refractivity contribution in [2.45, 2.75) is 407 Å². The largest absolute Gasteiger partial charge is 0.472 e. The summed E-state index contributed by atoms with van der Waals surface area (Å²) < 4.78 is 68.5. The molecule has 0 aromatic carbocycles. The van der Waals surface area contributed by atoms with Crippen molar-refractivity contribution in [3.8, 4) is 0 Å². The lowest BCUT2D eigenvalue weighted by Gasteiger charge is -2.21. The van der Waals surface area contributed by atoms with Crippen LogP contribution in [-0.2, 0) is 65.4 Å². The number of aliphatic hydroxyl groups excluding tert-OH is 1. The van der Waals surface area contributed by atoms with Crippen LogP contribution in [0.3, 0.4) is 0 Å². The summed E-state index contributed by atoms with van der Waals surface area (Å²) in [6, 6.07) is 0. The van der Waals surface area contributed by atoms with Gasteiger partial charge < -0.3 is 33.8 Å². The molecule has 0 saturated carbocycles. The normalized spacial score (nSPS) is 14.4. The quantitative estimate of drug-likeness (QED) is 0.0169. The Labute approximate surface area is 599 Å². The molecule has 98 heavy (non-hydrogen) atoms. The molecule has 3 N–H and O–H groups in total. The Hall–Kier alpha value is -2.46. The summed E-state index contributed by atoms with van der Waals surface area (Å²) >= 11 is 0. The van der Waals surface area contributed by atoms with Crippen LogP contribution in [0.2, 0.25) is 0 Å². The molecular formula is C79H150O17P2. The van der Waals surface area contributed by atoms with Gasteiger partial charge in [-0.1, -0.05) is 336 Å². The van der Waals surface area contributed by atoms with E-state index in [1.54, 1.807) is 0 Å². The van der Waals surface area contributed by atoms with Crippen molar-refractivity contribution >= 4 is 39.5 Å². The number of aliphatic hydroxyl groups is 1. The van der Waals surface area contributed by atoms with Crippen molar-refractivity contribution in [1.29, 1.82) is 0 Å². The first-order valence-corrected chi connectivity index (χ1v) is 43.3. The second-order valence-corrected chi connectivity index (χ2v) is 31.4. The maximum absolute atomic E-state index is 13.1. The van der Waals surface area contributed by atoms with E-state index in [-0.39, 0.29) is 25.7 Å². The van der Waals surface area contributed by atoms with Crippen molar-refractivity contribution in [3.05, 3.63) is 24.3 Å². The monoisotopic (exact) mass is 1430 g/mol. The number of ether oxygens (including phenoxy) is 4. The number of phosphoric acid groups is 2. The molecule has 0 aromatic rings. The van der Waals surface area contributed by atoms with Gasteiger partial charge in [0.15, 0.2) is 12.2 Å². The smallest absolute Gasteiger partial charge is 0.462 e. The van der Waals surface area contributed by atoms with Crippen LogP contribution in [0, 0.1) is 11.8 Å². The van der Waals surface area contributed by atoms with Gasteiger partial charge >= 0.3 is 39.5 Å². The van der Waals surface area contributed by atoms with Crippen LogP contribution in [0.25, 0.3) is 0 Å². The molecule has 17 nitrogen and oxygen atoms in total. The molecule has 6 atom stereocenters. The molecule has 0 aliphatic carbocycles. The molecule has 0 aliphatic rings. The first-order valence-electron chi connectivity index (χ1n) is 40.3. The number of rotatable bonds is 76. The minimum atomic E-state index is -4.97. The van der Waals surface area contributed by atoms with Gasteiger partial charge in [0, 0.05) is 25.7 Å². The Kier molecular flexibility index (Phi) is 68.5. The second kappa shape index (κ2) is 70.2. The van der Waals surface area contributed by atoms with Crippen molar-refractivity contribution in [3.63, 3.8) is 0 Å². The predicted molar refractivity (Wildman–Crippen MR) is 400 cm³/mol. The molecule has 0 aliphatic heterocycles. The Morgan fingerprint density at radius 2 is 0.602 bits per heavy atom. The molecule has 0 saturated heterocycles. The number of unbranched alkanes of at least 4 members (excludes halogenated alkanes) is 42. The van der Waals surface area contributed by atoms with Gasteiger partial charge in [0.2, 0.25) is 0 Å². The summed E-state index contributed by atoms with van der Waals surface area (Å²) in [7, 11) is -9.93. The fourth-order valence-corrected chi connectivity index (χ4v) is 13.2. The highest BCUT2D eigenvalue weighted by molar-refractivity contribution is 7.47. The van der Waals surface area contributed by atoms with E-state index in [9.17, 15) is 43.2 Å². The van der Waals surface area contributed by atoms with Crippen molar-refractivity contribution < 1.29 is 80.2 Å². The van der Waals surface area contributed by atoms with E-state index >= 15 is 0 Å². The number of allylic oxidation sites excluding steroid dienone is 4. The summed E-state index contributed by atoms with van der Waals surface area (Å²) in [5.74, 6) is -0.703. The van der Waals surface area contributed by atoms with Gasteiger partial charge in [-0.15, -0.1) is 0 Å². The Morgan fingerprint density at radius 3 is 0.918 bits per heavy atom. The Morgan fingerprint density at radius 1 is 0.337 bits per heavy atom. The van der Waals surface area contributed by atoms with E-state index in [1.807, 2.05) is 0 Å². The standard InChI is InChI=1S/C79H150O17P2/c1-7-10-12-14-16-18-20-22-24-25-26-27-28-29-30-32-34-36-38-43-51-57-63-78(83)95-74(67-89-76(81)61-55-49-42-37-35-33-31-23-21-19-17-15-13-11-8-2)69-93-97(85,86)91-65-73(80)66-92-98(87,88)94-70-75(68-90-77(82)62-56-50-46-45-47-53-59-71(4)5)96-79(84)64-58-52-44-40-39-41-48-54-60-72(6)9-3/h19,21,23,31,71-75,80H,7-18,20,22,24-30,32-70H2,1-6H3,(H,85,86)(H,87,88)/b21-19-,31-23-/t72?,73-,74-,75-/m1/s1. The van der Waals surface area contributed by atoms with E-state index in [1.165, 1.54) is 180 Å². The summed E-state index contributed by atoms with van der Waals surface area (Å²) in [4.78, 5) is 72.8. The van der Waals surface area contributed by atoms with Gasteiger partial charge in [-0.05, 0) is 63.2 Å². The van der Waals surface area contributed by atoms with Crippen molar-refractivity contribution in [2.24, 2.45) is 11.8 Å². The average molecular weight is 1430 g/mol. The number of phosphoric ester groups is 2. The molecule has 0 fully saturated rings. The predicted octanol–water partition coefficient (Wildman–Crippen LogP) is 23.1. The lowest BCUT2D eigenvalue weighted by molar-refractivity contribution is -0.161. The fraction of sp³-hybridized carbons (Fsp3) is 0.899. The summed E-state index contributed by atoms with van der Waals surface area (Å²) in [6.07, 6.45) is 62.2. The van der Waals surface area contributed by atoms with Gasteiger partial charge in [-0.3, -0.25) is 37.3 Å². The third-order valence-electron chi connectivity index (χ3n) is 18.2. The van der Waals surface area contributed by atoms with Gasteiger partial charge in [-0.2, -0.15) is 0 Å². The highest BCUT2D eigenvalue weighted by atomic mass is 31.2. The summed E-state index contributed by atoms with van der Waals surface area (Å²) in [6.45, 7) is 9.45. The lowest BCUT2D eigenvalue weighted by Crippen LogP contribution is -2.30. The maximum Gasteiger partial charge on any atom is 0.472 e. The van der Waals surface area contributed by atoms with E-state index in [0.717, 1.165) is 121 Å². The molecule has 0 heterocycles. The van der Waals surface area contributed by atoms with Crippen LogP contribution >= 0.6 is 15.6 Å². The minimum absolute atomic E-state index is 0.102. The molecule has 0 rings (SSSR count). The second-order valence-electron chi connectivity index (χ2n) is 28.5. The number of carbonyl (C=O) groups is 4. The van der Waals surface area contributed by atoms with Crippen molar-refractivity contribution in [2.75, 3.05) is 39.6 Å². The zero-order valence-corrected chi connectivity index (χ0v) is 65.4. The highest BCUT2D eigenvalue weighted by Crippen LogP contribution is 2.45. The van der Waals surface area contributed by atoms with E-state index in [2.05, 4.69) is 65.8 Å². The van der Waals surface area contributed by atoms with Crippen LogP contribution in [0.4, 0.5) is 0 Å². The van der Waals surface area contributed by atoms with Crippen LogP contribution in [0.1, 0.15) is 388 Å². The molecule has 0 bridgehead atoms. The summed E-state index contributed by atoms with van der Waals surface area (Å²) in [5.41, 5.74) is 0. The van der Waals surface area contributed by atoms with Crippen LogP contribution in [-0.4, -0.2) is 96.7 Å². The number of hydrogen-bond donors (Lipinski definition) is 3. The van der Waals surface area contributed by atoms with Gasteiger partial charge in [0.1, 0.15) is 19.3 Å². The number of hydrogen-bond acceptors (Lipinski definition) is 15. The van der Waals surface area contributed by atoms with Crippen LogP contribution in [0.15, 0.2) is 24.3 Å². The fourth-order valence-electron chi connectivity index (χ4n) is 11.6. The molecule has 0 radical (unpaired) electrons. The first kappa shape index (κ1) is 95.5. The summed E-state index contributed by atoms with van der Waals surface area (Å²) in [5, 5.41) is 10.6. The Bertz CT molecular complexity index is 1990. The molecular weight excluding hydrogens is 1280 g/mol. The van der Waals surface area contributed by atoms with Gasteiger partial charge in [-0.25, -0.2) is 9.13 Å². The molecule has 0 spiro atoms. The minimum Gasteiger partial charge on any atom is -0.462 e. The lowest BCUT2D eigenvalue weighted by atomic mass is 9.99. The molecule has 0 aromatic heterocycles. The topological polar surface area (TPSA) is 237 Å².